The number of piperazine rings is 1. The number of benzene rings is 1. The minimum Gasteiger partial charge on any atom is -0.369 e. The van der Waals surface area contributed by atoms with Crippen LogP contribution in [-0.2, 0) is 0 Å². The standard InChI is InChI=1S/C13H19FN2/c1-12-2-4-13(5-3-12)16-10-8-15(7-6-14)9-11-16/h2-5H,6-11H2,1H3. The Hall–Kier alpha value is -1.09. The first-order chi connectivity index (χ1) is 7.79. The first-order valence-corrected chi connectivity index (χ1v) is 5.89. The third-order valence-electron chi connectivity index (χ3n) is 3.17. The molecule has 16 heavy (non-hydrogen) atoms. The summed E-state index contributed by atoms with van der Waals surface area (Å²) < 4.78 is 12.2. The molecule has 0 atom stereocenters. The molecule has 88 valence electrons. The molecule has 0 amide bonds. The van der Waals surface area contributed by atoms with E-state index in [-0.39, 0.29) is 6.67 Å². The molecule has 2 nitrogen and oxygen atoms in total. The van der Waals surface area contributed by atoms with Crippen molar-refractivity contribution in [1.29, 1.82) is 0 Å². The van der Waals surface area contributed by atoms with Gasteiger partial charge in [0.2, 0.25) is 0 Å². The Labute approximate surface area is 96.7 Å². The minimum absolute atomic E-state index is 0.232. The van der Waals surface area contributed by atoms with Gasteiger partial charge in [0, 0.05) is 38.4 Å². The van der Waals surface area contributed by atoms with Gasteiger partial charge in [0.1, 0.15) is 6.67 Å². The van der Waals surface area contributed by atoms with E-state index in [4.69, 9.17) is 0 Å². The van der Waals surface area contributed by atoms with Gasteiger partial charge in [-0.05, 0) is 19.1 Å². The zero-order chi connectivity index (χ0) is 11.4. The van der Waals surface area contributed by atoms with Crippen LogP contribution in [0, 0.1) is 6.92 Å². The second-order valence-corrected chi connectivity index (χ2v) is 4.35. The van der Waals surface area contributed by atoms with Gasteiger partial charge in [-0.3, -0.25) is 4.90 Å². The van der Waals surface area contributed by atoms with Crippen molar-refractivity contribution in [2.75, 3.05) is 44.3 Å². The molecule has 0 aliphatic carbocycles. The molecule has 0 N–H and O–H groups in total. The summed E-state index contributed by atoms with van der Waals surface area (Å²) in [7, 11) is 0. The molecule has 0 radical (unpaired) electrons. The largest absolute Gasteiger partial charge is 0.369 e. The molecular formula is C13H19FN2. The molecule has 1 aliphatic heterocycles. The van der Waals surface area contributed by atoms with E-state index in [1.165, 1.54) is 11.3 Å². The zero-order valence-electron chi connectivity index (χ0n) is 9.82. The maximum atomic E-state index is 12.2. The number of nitrogens with zero attached hydrogens (tertiary/aromatic N) is 2. The van der Waals surface area contributed by atoms with Gasteiger partial charge in [0.05, 0.1) is 0 Å². The summed E-state index contributed by atoms with van der Waals surface area (Å²) in [6.07, 6.45) is 0. The van der Waals surface area contributed by atoms with Gasteiger partial charge in [-0.2, -0.15) is 0 Å². The number of hydrogen-bond acceptors (Lipinski definition) is 2. The normalized spacial score (nSPS) is 17.8. The second kappa shape index (κ2) is 5.30. The maximum absolute atomic E-state index is 12.2. The highest BCUT2D eigenvalue weighted by atomic mass is 19.1. The second-order valence-electron chi connectivity index (χ2n) is 4.35. The van der Waals surface area contributed by atoms with Crippen LogP contribution in [0.2, 0.25) is 0 Å². The molecule has 1 aliphatic rings. The predicted molar refractivity (Wildman–Crippen MR) is 65.8 cm³/mol. The van der Waals surface area contributed by atoms with E-state index in [9.17, 15) is 4.39 Å². The SMILES string of the molecule is Cc1ccc(N2CCN(CCF)CC2)cc1. The van der Waals surface area contributed by atoms with Gasteiger partial charge in [0.15, 0.2) is 0 Å². The molecule has 1 saturated heterocycles. The Bertz CT molecular complexity index is 315. The Kier molecular flexibility index (Phi) is 3.78. The summed E-state index contributed by atoms with van der Waals surface area (Å²) in [6.45, 7) is 6.40. The van der Waals surface area contributed by atoms with Crippen molar-refractivity contribution in [3.63, 3.8) is 0 Å². The topological polar surface area (TPSA) is 6.48 Å². The number of halogens is 1. The van der Waals surface area contributed by atoms with Crippen LogP contribution in [0.5, 0.6) is 0 Å². The number of anilines is 1. The highest BCUT2D eigenvalue weighted by Crippen LogP contribution is 2.16. The fraction of sp³-hybridized carbons (Fsp3) is 0.538. The molecule has 1 aromatic carbocycles. The average molecular weight is 222 g/mol. The van der Waals surface area contributed by atoms with Crippen LogP contribution >= 0.6 is 0 Å². The van der Waals surface area contributed by atoms with Crippen molar-refractivity contribution in [3.8, 4) is 0 Å². The third-order valence-corrected chi connectivity index (χ3v) is 3.17. The van der Waals surface area contributed by atoms with Crippen LogP contribution in [-0.4, -0.2) is 44.3 Å². The molecule has 1 heterocycles. The smallest absolute Gasteiger partial charge is 0.102 e. The average Bonchev–Trinajstić information content (AvgIpc) is 2.32. The summed E-state index contributed by atoms with van der Waals surface area (Å²) in [5.41, 5.74) is 2.57. The summed E-state index contributed by atoms with van der Waals surface area (Å²) in [5, 5.41) is 0. The molecule has 0 unspecified atom stereocenters. The van der Waals surface area contributed by atoms with Gasteiger partial charge in [-0.25, -0.2) is 4.39 Å². The summed E-state index contributed by atoms with van der Waals surface area (Å²) in [6, 6.07) is 8.62. The van der Waals surface area contributed by atoms with Gasteiger partial charge in [0.25, 0.3) is 0 Å². The Morgan fingerprint density at radius 3 is 2.25 bits per heavy atom. The van der Waals surface area contributed by atoms with Crippen molar-refractivity contribution in [1.82, 2.24) is 4.90 Å². The van der Waals surface area contributed by atoms with Crippen molar-refractivity contribution >= 4 is 5.69 Å². The number of alkyl halides is 1. The predicted octanol–water partition coefficient (Wildman–Crippen LogP) is 2.09. The number of aryl methyl sites for hydroxylation is 1. The van der Waals surface area contributed by atoms with Crippen LogP contribution in [0.15, 0.2) is 24.3 Å². The highest BCUT2D eigenvalue weighted by molar-refractivity contribution is 5.47. The molecule has 2 rings (SSSR count). The van der Waals surface area contributed by atoms with E-state index in [0.29, 0.717) is 6.54 Å². The van der Waals surface area contributed by atoms with Crippen LogP contribution in [0.3, 0.4) is 0 Å². The molecule has 0 spiro atoms. The van der Waals surface area contributed by atoms with E-state index in [2.05, 4.69) is 41.0 Å². The quantitative estimate of drug-likeness (QED) is 0.772. The molecular weight excluding hydrogens is 203 g/mol. The molecule has 1 aromatic rings. The third kappa shape index (κ3) is 2.73. The van der Waals surface area contributed by atoms with Crippen molar-refractivity contribution in [3.05, 3.63) is 29.8 Å². The molecule has 0 saturated carbocycles. The van der Waals surface area contributed by atoms with E-state index in [0.717, 1.165) is 26.2 Å². The molecule has 0 bridgehead atoms. The Morgan fingerprint density at radius 1 is 1.06 bits per heavy atom. The van der Waals surface area contributed by atoms with E-state index in [1.54, 1.807) is 0 Å². The van der Waals surface area contributed by atoms with Crippen molar-refractivity contribution < 1.29 is 4.39 Å². The van der Waals surface area contributed by atoms with E-state index < -0.39 is 0 Å². The lowest BCUT2D eigenvalue weighted by molar-refractivity contribution is 0.235. The maximum Gasteiger partial charge on any atom is 0.102 e. The van der Waals surface area contributed by atoms with E-state index in [1.807, 2.05) is 0 Å². The van der Waals surface area contributed by atoms with Gasteiger partial charge < -0.3 is 4.90 Å². The lowest BCUT2D eigenvalue weighted by Gasteiger charge is -2.35. The molecule has 0 aromatic heterocycles. The summed E-state index contributed by atoms with van der Waals surface area (Å²) in [4.78, 5) is 4.55. The lowest BCUT2D eigenvalue weighted by Crippen LogP contribution is -2.47. The lowest BCUT2D eigenvalue weighted by atomic mass is 10.2. The minimum atomic E-state index is -0.232. The molecule has 1 fully saturated rings. The number of rotatable bonds is 3. The fourth-order valence-corrected chi connectivity index (χ4v) is 2.10. The van der Waals surface area contributed by atoms with E-state index >= 15 is 0 Å². The first-order valence-electron chi connectivity index (χ1n) is 5.89. The van der Waals surface area contributed by atoms with Crippen LogP contribution in [0.1, 0.15) is 5.56 Å². The first kappa shape index (κ1) is 11.4. The van der Waals surface area contributed by atoms with Crippen molar-refractivity contribution in [2.45, 2.75) is 6.92 Å². The van der Waals surface area contributed by atoms with Crippen LogP contribution < -0.4 is 4.90 Å². The van der Waals surface area contributed by atoms with Gasteiger partial charge in [-0.15, -0.1) is 0 Å². The fourth-order valence-electron chi connectivity index (χ4n) is 2.10. The van der Waals surface area contributed by atoms with Gasteiger partial charge >= 0.3 is 0 Å². The Morgan fingerprint density at radius 2 is 1.69 bits per heavy atom. The Balaban J connectivity index is 1.91. The van der Waals surface area contributed by atoms with Gasteiger partial charge in [-0.1, -0.05) is 17.7 Å². The van der Waals surface area contributed by atoms with Crippen LogP contribution in [0.25, 0.3) is 0 Å². The monoisotopic (exact) mass is 222 g/mol. The molecule has 3 heteroatoms. The summed E-state index contributed by atoms with van der Waals surface area (Å²) in [5.74, 6) is 0. The number of hydrogen-bond donors (Lipinski definition) is 0. The highest BCUT2D eigenvalue weighted by Gasteiger charge is 2.16. The zero-order valence-corrected chi connectivity index (χ0v) is 9.82. The summed E-state index contributed by atoms with van der Waals surface area (Å²) >= 11 is 0. The van der Waals surface area contributed by atoms with Crippen LogP contribution in [0.4, 0.5) is 10.1 Å². The van der Waals surface area contributed by atoms with Crippen molar-refractivity contribution in [2.24, 2.45) is 0 Å².